The molecule has 0 aromatic heterocycles. The summed E-state index contributed by atoms with van der Waals surface area (Å²) in [6.07, 6.45) is 3.72. The van der Waals surface area contributed by atoms with Crippen LogP contribution in [0, 0.1) is 0 Å². The first-order valence-corrected chi connectivity index (χ1v) is 12.0. The zero-order valence-corrected chi connectivity index (χ0v) is 22.2. The van der Waals surface area contributed by atoms with E-state index in [4.69, 9.17) is 5.84 Å². The van der Waals surface area contributed by atoms with E-state index in [1.807, 2.05) is 0 Å². The highest BCUT2D eigenvalue weighted by molar-refractivity contribution is 5.79. The van der Waals surface area contributed by atoms with E-state index in [2.05, 4.69) is 94.2 Å². The van der Waals surface area contributed by atoms with Crippen LogP contribution in [0.4, 0.5) is 0 Å². The lowest BCUT2D eigenvalue weighted by Crippen LogP contribution is -2.64. The van der Waals surface area contributed by atoms with Crippen molar-refractivity contribution in [3.63, 3.8) is 0 Å². The number of carbonyl (C=O) groups excluding carboxylic acids is 2. The van der Waals surface area contributed by atoms with Crippen LogP contribution in [0.5, 0.6) is 0 Å². The van der Waals surface area contributed by atoms with Crippen LogP contribution in [-0.2, 0) is 9.59 Å². The van der Waals surface area contributed by atoms with Gasteiger partial charge in [0, 0.05) is 34.2 Å². The van der Waals surface area contributed by atoms with Crippen molar-refractivity contribution < 1.29 is 9.59 Å². The van der Waals surface area contributed by atoms with Crippen molar-refractivity contribution in [2.24, 2.45) is 5.84 Å². The van der Waals surface area contributed by atoms with E-state index < -0.39 is 0 Å². The highest BCUT2D eigenvalue weighted by Crippen LogP contribution is 2.36. The van der Waals surface area contributed by atoms with Crippen molar-refractivity contribution in [1.82, 2.24) is 36.9 Å². The molecule has 0 spiro atoms. The smallest absolute Gasteiger partial charge is 0.266 e. The molecule has 7 N–H and O–H groups in total. The predicted octanol–water partition coefficient (Wildman–Crippen LogP) is 0.364. The highest BCUT2D eigenvalue weighted by Gasteiger charge is 2.43. The molecule has 2 rings (SSSR count). The minimum Gasteiger partial charge on any atom is -0.307 e. The van der Waals surface area contributed by atoms with E-state index in [9.17, 15) is 9.59 Å². The Morgan fingerprint density at radius 1 is 0.879 bits per heavy atom. The summed E-state index contributed by atoms with van der Waals surface area (Å²) in [7, 11) is 2.15. The fourth-order valence-corrected chi connectivity index (χ4v) is 5.77. The zero-order valence-electron chi connectivity index (χ0n) is 22.2. The van der Waals surface area contributed by atoms with Gasteiger partial charge < -0.3 is 16.0 Å². The third kappa shape index (κ3) is 8.15. The fraction of sp³-hybridized carbons (Fsp3) is 0.913. The summed E-state index contributed by atoms with van der Waals surface area (Å²) < 4.78 is 0. The quantitative estimate of drug-likeness (QED) is 0.171. The van der Waals surface area contributed by atoms with Crippen LogP contribution >= 0.6 is 0 Å². The Hall–Kier alpha value is -1.30. The van der Waals surface area contributed by atoms with Crippen molar-refractivity contribution in [2.75, 3.05) is 20.1 Å². The lowest BCUT2D eigenvalue weighted by atomic mass is 9.77. The molecule has 2 saturated heterocycles. The van der Waals surface area contributed by atoms with Crippen LogP contribution in [0.3, 0.4) is 0 Å². The molecule has 10 heteroatoms. The van der Waals surface area contributed by atoms with Crippen molar-refractivity contribution >= 4 is 11.8 Å². The Kier molecular flexibility index (Phi) is 8.58. The van der Waals surface area contributed by atoms with Crippen LogP contribution in [0.2, 0.25) is 0 Å². The molecule has 33 heavy (non-hydrogen) atoms. The minimum absolute atomic E-state index is 0.0116. The van der Waals surface area contributed by atoms with Crippen molar-refractivity contribution in [1.29, 1.82) is 0 Å². The summed E-state index contributed by atoms with van der Waals surface area (Å²) in [6.45, 7) is 17.8. The molecule has 2 fully saturated rings. The number of hydrazine groups is 3. The molecule has 0 atom stereocenters. The van der Waals surface area contributed by atoms with Crippen LogP contribution in [0.25, 0.3) is 0 Å². The molecule has 0 aliphatic carbocycles. The maximum absolute atomic E-state index is 12.4. The van der Waals surface area contributed by atoms with Gasteiger partial charge in [0.05, 0.1) is 13.1 Å². The number of rotatable bonds is 8. The Morgan fingerprint density at radius 2 is 1.33 bits per heavy atom. The fourth-order valence-electron chi connectivity index (χ4n) is 5.77. The molecule has 0 saturated carbocycles. The van der Waals surface area contributed by atoms with E-state index in [-0.39, 0.29) is 59.1 Å². The summed E-state index contributed by atoms with van der Waals surface area (Å²) >= 11 is 0. The molecule has 2 aliphatic heterocycles. The second kappa shape index (κ2) is 10.1. The van der Waals surface area contributed by atoms with E-state index >= 15 is 0 Å². The van der Waals surface area contributed by atoms with Gasteiger partial charge in [-0.2, -0.15) is 5.12 Å². The molecule has 2 amide bonds. The Balaban J connectivity index is 1.72. The number of nitrogens with two attached hydrogens (primary N) is 1. The average molecular weight is 469 g/mol. The number of carbonyl (C=O) groups is 2. The lowest BCUT2D eigenvalue weighted by molar-refractivity contribution is -0.137. The molecule has 2 aliphatic rings. The van der Waals surface area contributed by atoms with Gasteiger partial charge in [0.2, 0.25) is 5.91 Å². The van der Waals surface area contributed by atoms with Gasteiger partial charge in [-0.1, -0.05) is 0 Å². The van der Waals surface area contributed by atoms with Gasteiger partial charge in [0.1, 0.15) is 0 Å². The minimum atomic E-state index is -0.351. The van der Waals surface area contributed by atoms with Crippen molar-refractivity contribution in [3.05, 3.63) is 0 Å². The molecule has 0 bridgehead atoms. The van der Waals surface area contributed by atoms with E-state index in [1.54, 1.807) is 0 Å². The standard InChI is InChI=1S/C23H48N8O2/c1-20(2)10-16(11-21(3,4)28-20)26-15-19(33)31(24)29-27-18(32)14-25-17-12-22(5,6)30(9)23(7,8)13-17/h16-17,25-26,28-29H,10-15,24H2,1-9H3,(H,27,32). The van der Waals surface area contributed by atoms with Gasteiger partial charge in [0.25, 0.3) is 5.91 Å². The first kappa shape index (κ1) is 27.9. The normalized spacial score (nSPS) is 24.9. The Morgan fingerprint density at radius 3 is 1.85 bits per heavy atom. The molecular formula is C23H48N8O2. The van der Waals surface area contributed by atoms with E-state index in [0.717, 1.165) is 30.8 Å². The predicted molar refractivity (Wildman–Crippen MR) is 132 cm³/mol. The highest BCUT2D eigenvalue weighted by atomic mass is 16.2. The first-order chi connectivity index (χ1) is 14.9. The number of hydrogen-bond donors (Lipinski definition) is 6. The molecule has 0 aromatic rings. The van der Waals surface area contributed by atoms with Gasteiger partial charge in [-0.25, -0.2) is 5.84 Å². The summed E-state index contributed by atoms with van der Waals surface area (Å²) in [4.78, 5) is 27.1. The van der Waals surface area contributed by atoms with Crippen LogP contribution in [-0.4, -0.2) is 76.2 Å². The number of likely N-dealkylation sites (tertiary alicyclic amines) is 1. The van der Waals surface area contributed by atoms with Crippen LogP contribution in [0.15, 0.2) is 0 Å². The molecule has 0 aromatic carbocycles. The molecule has 192 valence electrons. The largest absolute Gasteiger partial charge is 0.307 e. The topological polar surface area (TPSA) is 127 Å². The Bertz CT molecular complexity index is 673. The molecule has 0 radical (unpaired) electrons. The van der Waals surface area contributed by atoms with Crippen LogP contribution < -0.4 is 32.8 Å². The second-order valence-corrected chi connectivity index (χ2v) is 12.5. The maximum Gasteiger partial charge on any atom is 0.266 e. The van der Waals surface area contributed by atoms with Crippen molar-refractivity contribution in [2.45, 2.75) is 115 Å². The monoisotopic (exact) mass is 468 g/mol. The van der Waals surface area contributed by atoms with Gasteiger partial charge in [0.15, 0.2) is 0 Å². The third-order valence-corrected chi connectivity index (χ3v) is 7.18. The van der Waals surface area contributed by atoms with Gasteiger partial charge in [-0.05, 0) is 88.1 Å². The van der Waals surface area contributed by atoms with Gasteiger partial charge >= 0.3 is 0 Å². The number of amides is 2. The van der Waals surface area contributed by atoms with E-state index in [1.165, 1.54) is 0 Å². The third-order valence-electron chi connectivity index (χ3n) is 7.18. The second-order valence-electron chi connectivity index (χ2n) is 12.5. The molecule has 10 nitrogen and oxygen atoms in total. The summed E-state index contributed by atoms with van der Waals surface area (Å²) in [6, 6.07) is 0.436. The first-order valence-electron chi connectivity index (χ1n) is 12.0. The lowest BCUT2D eigenvalue weighted by Gasteiger charge is -2.53. The molecular weight excluding hydrogens is 420 g/mol. The number of piperidine rings is 2. The average Bonchev–Trinajstić information content (AvgIpc) is 2.63. The van der Waals surface area contributed by atoms with Crippen LogP contribution in [0.1, 0.15) is 81.1 Å². The number of hydrogen-bond acceptors (Lipinski definition) is 8. The summed E-state index contributed by atoms with van der Waals surface area (Å²) in [5, 5.41) is 11.1. The summed E-state index contributed by atoms with van der Waals surface area (Å²) in [5.74, 6) is 5.17. The number of nitrogens with one attached hydrogen (secondary N) is 5. The summed E-state index contributed by atoms with van der Waals surface area (Å²) in [5.41, 5.74) is 5.05. The SMILES string of the molecule is CN1C(C)(C)CC(NCC(=O)NNN(N)C(=O)CNC2CC(C)(C)NC(C)(C)C2)CC1(C)C. The van der Waals surface area contributed by atoms with E-state index in [0.29, 0.717) is 0 Å². The molecule has 2 heterocycles. The van der Waals surface area contributed by atoms with Crippen molar-refractivity contribution in [3.8, 4) is 0 Å². The van der Waals surface area contributed by atoms with Gasteiger partial charge in [-0.15, -0.1) is 5.53 Å². The zero-order chi connectivity index (χ0) is 25.2. The Labute approximate surface area is 200 Å². The molecule has 0 unspecified atom stereocenters. The number of nitrogens with zero attached hydrogens (tertiary/aromatic N) is 2. The van der Waals surface area contributed by atoms with Gasteiger partial charge in [-0.3, -0.25) is 19.9 Å². The maximum atomic E-state index is 12.4.